The van der Waals surface area contributed by atoms with Crippen molar-refractivity contribution < 1.29 is 9.59 Å². The minimum atomic E-state index is -0.652. The van der Waals surface area contributed by atoms with Gasteiger partial charge in [-0.1, -0.05) is 12.2 Å². The van der Waals surface area contributed by atoms with Crippen molar-refractivity contribution in [3.63, 3.8) is 0 Å². The normalized spacial score (nSPS) is 9.20. The Bertz CT molecular complexity index is 256. The molecule has 0 aliphatic rings. The molecule has 0 spiro atoms. The Morgan fingerprint density at radius 1 is 1.27 bits per heavy atom. The second-order valence-corrected chi connectivity index (χ2v) is 3.31. The van der Waals surface area contributed by atoms with Crippen molar-refractivity contribution >= 4 is 22.9 Å². The lowest BCUT2D eigenvalue weighted by atomic mass is 10.4. The van der Waals surface area contributed by atoms with E-state index in [0.717, 1.165) is 4.90 Å². The molecule has 15 heavy (non-hydrogen) atoms. The van der Waals surface area contributed by atoms with E-state index < -0.39 is 5.37 Å². The van der Waals surface area contributed by atoms with Gasteiger partial charge in [0.2, 0.25) is 5.91 Å². The second-order valence-electron chi connectivity index (χ2n) is 2.99. The molecule has 2 amide bonds. The maximum Gasteiger partial charge on any atom is 0.316 e. The van der Waals surface area contributed by atoms with Crippen LogP contribution in [-0.4, -0.2) is 47.8 Å². The number of likely N-dealkylation sites (N-methyl/N-ethyl adjacent to an activating group) is 1. The van der Waals surface area contributed by atoms with Crippen molar-refractivity contribution in [3.05, 3.63) is 25.3 Å². The number of amides is 2. The van der Waals surface area contributed by atoms with Gasteiger partial charge in [0, 0.05) is 20.1 Å². The van der Waals surface area contributed by atoms with Gasteiger partial charge in [-0.2, -0.15) is 0 Å². The largest absolute Gasteiger partial charge is 0.334 e. The van der Waals surface area contributed by atoms with Crippen LogP contribution in [0.15, 0.2) is 25.3 Å². The molecule has 0 N–H and O–H groups in total. The van der Waals surface area contributed by atoms with Gasteiger partial charge < -0.3 is 9.80 Å². The first-order valence-electron chi connectivity index (χ1n) is 4.43. The van der Waals surface area contributed by atoms with E-state index in [4.69, 9.17) is 11.6 Å². The molecule has 4 nitrogen and oxygen atoms in total. The van der Waals surface area contributed by atoms with Gasteiger partial charge in [-0.15, -0.1) is 13.2 Å². The number of hydrogen-bond donors (Lipinski definition) is 0. The molecule has 0 fully saturated rings. The van der Waals surface area contributed by atoms with Gasteiger partial charge in [0.05, 0.1) is 0 Å². The first kappa shape index (κ1) is 13.7. The molecule has 0 saturated heterocycles. The van der Waals surface area contributed by atoms with Crippen LogP contribution in [0.3, 0.4) is 0 Å². The average molecular weight is 231 g/mol. The number of nitrogens with zero attached hydrogens (tertiary/aromatic N) is 2. The minimum Gasteiger partial charge on any atom is -0.334 e. The van der Waals surface area contributed by atoms with Gasteiger partial charge >= 0.3 is 5.37 Å². The highest BCUT2D eigenvalue weighted by atomic mass is 35.5. The molecule has 0 aliphatic heterocycles. The highest BCUT2D eigenvalue weighted by Gasteiger charge is 2.15. The molecule has 0 aromatic rings. The van der Waals surface area contributed by atoms with Crippen LogP contribution in [0.1, 0.15) is 0 Å². The number of carbonyl (C=O) groups is 2. The Kier molecular flexibility index (Phi) is 6.45. The van der Waals surface area contributed by atoms with E-state index in [2.05, 4.69) is 13.2 Å². The van der Waals surface area contributed by atoms with E-state index in [9.17, 15) is 9.59 Å². The summed E-state index contributed by atoms with van der Waals surface area (Å²) < 4.78 is 0. The van der Waals surface area contributed by atoms with E-state index in [1.165, 1.54) is 11.9 Å². The number of halogens is 1. The predicted octanol–water partition coefficient (Wildman–Crippen LogP) is 1.48. The van der Waals surface area contributed by atoms with Gasteiger partial charge in [-0.3, -0.25) is 9.59 Å². The fourth-order valence-corrected chi connectivity index (χ4v) is 1.01. The maximum absolute atomic E-state index is 11.6. The zero-order chi connectivity index (χ0) is 11.8. The summed E-state index contributed by atoms with van der Waals surface area (Å²) in [6, 6.07) is 0. The van der Waals surface area contributed by atoms with Gasteiger partial charge in [-0.05, 0) is 11.6 Å². The first-order valence-corrected chi connectivity index (χ1v) is 4.80. The Labute approximate surface area is 94.8 Å². The van der Waals surface area contributed by atoms with Gasteiger partial charge in [0.25, 0.3) is 0 Å². The zero-order valence-electron chi connectivity index (χ0n) is 8.78. The molecule has 0 saturated carbocycles. The third kappa shape index (κ3) is 5.22. The van der Waals surface area contributed by atoms with Gasteiger partial charge in [0.15, 0.2) is 0 Å². The third-order valence-corrected chi connectivity index (χ3v) is 2.01. The molecule has 5 heteroatoms. The molecule has 84 valence electrons. The molecule has 0 radical (unpaired) electrons. The van der Waals surface area contributed by atoms with Crippen molar-refractivity contribution in [1.82, 2.24) is 9.80 Å². The van der Waals surface area contributed by atoms with E-state index in [1.807, 2.05) is 0 Å². The quantitative estimate of drug-likeness (QED) is 0.394. The second kappa shape index (κ2) is 7.06. The Balaban J connectivity index is 4.29. The third-order valence-electron chi connectivity index (χ3n) is 1.72. The lowest BCUT2D eigenvalue weighted by molar-refractivity contribution is -0.130. The molecular weight excluding hydrogens is 216 g/mol. The average Bonchev–Trinajstić information content (AvgIpc) is 2.17. The van der Waals surface area contributed by atoms with Gasteiger partial charge in [-0.25, -0.2) is 0 Å². The highest BCUT2D eigenvalue weighted by Crippen LogP contribution is 1.97. The monoisotopic (exact) mass is 230 g/mol. The topological polar surface area (TPSA) is 40.6 Å². The summed E-state index contributed by atoms with van der Waals surface area (Å²) in [5.41, 5.74) is 0. The van der Waals surface area contributed by atoms with Crippen molar-refractivity contribution in [3.8, 4) is 0 Å². The van der Waals surface area contributed by atoms with Crippen LogP contribution in [0.4, 0.5) is 4.79 Å². The van der Waals surface area contributed by atoms with Crippen LogP contribution in [0.2, 0.25) is 0 Å². The van der Waals surface area contributed by atoms with Crippen LogP contribution in [0.5, 0.6) is 0 Å². The van der Waals surface area contributed by atoms with Crippen molar-refractivity contribution in [2.75, 3.05) is 26.7 Å². The maximum atomic E-state index is 11.6. The van der Waals surface area contributed by atoms with Crippen LogP contribution in [0.25, 0.3) is 0 Å². The molecule has 0 unspecified atom stereocenters. The fraction of sp³-hybridized carbons (Fsp3) is 0.400. The molecular formula is C10H15ClN2O2. The number of carbonyl (C=O) groups excluding carboxylic acids is 2. The molecule has 0 aliphatic carbocycles. The van der Waals surface area contributed by atoms with Crippen molar-refractivity contribution in [2.45, 2.75) is 0 Å². The van der Waals surface area contributed by atoms with Crippen molar-refractivity contribution in [1.29, 1.82) is 0 Å². The number of rotatable bonds is 6. The van der Waals surface area contributed by atoms with E-state index in [0.29, 0.717) is 13.1 Å². The number of hydrogen-bond acceptors (Lipinski definition) is 2. The Morgan fingerprint density at radius 2 is 1.73 bits per heavy atom. The molecule has 0 rings (SSSR count). The van der Waals surface area contributed by atoms with E-state index >= 15 is 0 Å². The van der Waals surface area contributed by atoms with Crippen LogP contribution >= 0.6 is 11.6 Å². The SMILES string of the molecule is C=CCN(CC=C)C(=O)CN(C)C(=O)Cl. The Hall–Kier alpha value is -1.29. The minimum absolute atomic E-state index is 0.0377. The first-order chi connectivity index (χ1) is 7.02. The lowest BCUT2D eigenvalue weighted by Crippen LogP contribution is -2.39. The summed E-state index contributed by atoms with van der Waals surface area (Å²) in [5.74, 6) is -0.189. The van der Waals surface area contributed by atoms with Crippen LogP contribution in [0, 0.1) is 0 Å². The summed E-state index contributed by atoms with van der Waals surface area (Å²) in [6.07, 6.45) is 3.23. The predicted molar refractivity (Wildman–Crippen MR) is 60.9 cm³/mol. The molecule has 0 aromatic carbocycles. The summed E-state index contributed by atoms with van der Waals surface area (Å²) in [5, 5.41) is -0.652. The van der Waals surface area contributed by atoms with E-state index in [-0.39, 0.29) is 12.5 Å². The molecule has 0 heterocycles. The summed E-state index contributed by atoms with van der Waals surface area (Å²) in [6.45, 7) is 7.90. The molecule has 0 atom stereocenters. The standard InChI is InChI=1S/C10H15ClN2O2/c1-4-6-13(7-5-2)9(14)8-12(3)10(11)15/h4-5H,1-2,6-8H2,3H3. The summed E-state index contributed by atoms with van der Waals surface area (Å²) >= 11 is 5.21. The van der Waals surface area contributed by atoms with E-state index in [1.54, 1.807) is 12.2 Å². The highest BCUT2D eigenvalue weighted by molar-refractivity contribution is 6.62. The smallest absolute Gasteiger partial charge is 0.316 e. The van der Waals surface area contributed by atoms with Crippen molar-refractivity contribution in [2.24, 2.45) is 0 Å². The lowest BCUT2D eigenvalue weighted by Gasteiger charge is -2.22. The van der Waals surface area contributed by atoms with Crippen LogP contribution in [-0.2, 0) is 4.79 Å². The summed E-state index contributed by atoms with van der Waals surface area (Å²) in [7, 11) is 1.47. The molecule has 0 bridgehead atoms. The van der Waals surface area contributed by atoms with Crippen LogP contribution < -0.4 is 0 Å². The zero-order valence-corrected chi connectivity index (χ0v) is 9.54. The summed E-state index contributed by atoms with van der Waals surface area (Å²) in [4.78, 5) is 25.0. The molecule has 0 aromatic heterocycles. The Morgan fingerprint density at radius 3 is 2.07 bits per heavy atom. The van der Waals surface area contributed by atoms with Gasteiger partial charge in [0.1, 0.15) is 6.54 Å². The fourth-order valence-electron chi connectivity index (χ4n) is 0.955.